The fourth-order valence-electron chi connectivity index (χ4n) is 15.1. The summed E-state index contributed by atoms with van der Waals surface area (Å²) in [6.45, 7) is 8.39. The molecule has 126 heavy (non-hydrogen) atoms. The van der Waals surface area contributed by atoms with Crippen LogP contribution in [-0.2, 0) is 104 Å². The Morgan fingerprint density at radius 3 is 1.48 bits per heavy atom. The molecule has 0 radical (unpaired) electrons. The fourth-order valence-corrected chi connectivity index (χ4v) is 15.9. The van der Waals surface area contributed by atoms with E-state index >= 15 is 33.6 Å². The minimum Gasteiger partial charge on any atom is -0.508 e. The Balaban J connectivity index is 1.19. The molecular weight excluding hydrogens is 1630 g/mol. The van der Waals surface area contributed by atoms with Crippen molar-refractivity contribution in [3.05, 3.63) is 197 Å². The Morgan fingerprint density at radius 1 is 0.468 bits per heavy atom. The number of carbonyl (C=O) groups is 15. The van der Waals surface area contributed by atoms with Crippen LogP contribution in [0, 0.1) is 11.8 Å². The number of amides is 15. The van der Waals surface area contributed by atoms with Crippen LogP contribution in [0.5, 0.6) is 11.5 Å². The number of hydrogen-bond acceptors (Lipinski definition) is 19. The van der Waals surface area contributed by atoms with Crippen molar-refractivity contribution in [2.24, 2.45) is 17.6 Å². The first-order valence-electron chi connectivity index (χ1n) is 42.3. The molecule has 2 aliphatic heterocycles. The van der Waals surface area contributed by atoms with Gasteiger partial charge < -0.3 is 93.6 Å². The maximum absolute atomic E-state index is 15.5. The monoisotopic (exact) mass is 1750 g/mol. The van der Waals surface area contributed by atoms with Crippen LogP contribution >= 0.6 is 11.8 Å². The van der Waals surface area contributed by atoms with Gasteiger partial charge in [-0.25, -0.2) is 0 Å². The second kappa shape index (κ2) is 47.8. The molecule has 1 saturated heterocycles. The van der Waals surface area contributed by atoms with Crippen molar-refractivity contribution in [2.75, 3.05) is 78.2 Å². The lowest BCUT2D eigenvalue weighted by molar-refractivity contribution is -0.151. The van der Waals surface area contributed by atoms with Crippen LogP contribution in [0.3, 0.4) is 0 Å². The van der Waals surface area contributed by atoms with E-state index in [0.29, 0.717) is 47.2 Å². The quantitative estimate of drug-likeness (QED) is 0.0493. The number of phenols is 2. The molecule has 2 aliphatic rings. The smallest absolute Gasteiger partial charge is 0.246 e. The van der Waals surface area contributed by atoms with E-state index in [9.17, 15) is 48.6 Å². The minimum absolute atomic E-state index is 0.0699. The first-order valence-corrected chi connectivity index (χ1v) is 43.5. The van der Waals surface area contributed by atoms with Gasteiger partial charge in [0.1, 0.15) is 78.0 Å². The van der Waals surface area contributed by atoms with Crippen LogP contribution in [0.15, 0.2) is 164 Å². The fraction of sp³-hybridized carbons (Fsp3) is 0.446. The molecule has 6 aromatic carbocycles. The maximum Gasteiger partial charge on any atom is 0.246 e. The highest BCUT2D eigenvalue weighted by molar-refractivity contribution is 8.00. The first kappa shape index (κ1) is 98.6. The summed E-state index contributed by atoms with van der Waals surface area (Å²) in [6.07, 6.45) is 0.155. The van der Waals surface area contributed by atoms with Crippen molar-refractivity contribution in [3.8, 4) is 11.5 Å². The number of phenolic OH excluding ortho intramolecular Hbond substituents is 2. The lowest BCUT2D eigenvalue weighted by Gasteiger charge is -2.37. The van der Waals surface area contributed by atoms with Crippen molar-refractivity contribution < 1.29 is 82.1 Å². The molecule has 12 atom stereocenters. The van der Waals surface area contributed by atoms with E-state index in [0.717, 1.165) is 37.7 Å². The van der Waals surface area contributed by atoms with Crippen LogP contribution in [-0.4, -0.2) is 263 Å². The van der Waals surface area contributed by atoms with Gasteiger partial charge in [-0.05, 0) is 102 Å². The van der Waals surface area contributed by atoms with Crippen molar-refractivity contribution in [3.63, 3.8) is 0 Å². The predicted molar refractivity (Wildman–Crippen MR) is 476 cm³/mol. The normalized spacial score (nSPS) is 23.1. The minimum atomic E-state index is -1.56. The molecule has 15 amide bonds. The SMILES string of the molecule is CCCC[C@H]1C(=O)N(C)CC(=O)N[C@@H](C)C(=O)N[C@@H](C(C)C)C(=O)N(C)[C@@H](Cc2ccccc2)C(=O)N[C@@H](Cc2ccc(O)cc2)C(=O)N(C)CC(=O)N[C@@H](CC2CNc3ccccc32)C(=O)N[C@@H](Cc2ccc(O)cc2)C(=O)N[C@@H](CC(C)C)C(=O)N[C@H](C(=O)NCC(N)=O)CSCC(=O)N[C@@H](Cc2ccccc2)C(=O)N(C)[C@@H](Cc2ccccc2)C(=O)N1C. The molecule has 0 aliphatic carbocycles. The number of nitrogens with two attached hydrogens (primary N) is 1. The Morgan fingerprint density at radius 2 is 0.929 bits per heavy atom. The summed E-state index contributed by atoms with van der Waals surface area (Å²) in [5.74, 6) is -14.7. The molecule has 0 aromatic heterocycles. The number of hydrogen-bond donors (Lipinski definition) is 13. The molecule has 1 fully saturated rings. The first-order chi connectivity index (χ1) is 60.0. The Labute approximate surface area is 739 Å². The highest BCUT2D eigenvalue weighted by atomic mass is 32.2. The maximum atomic E-state index is 15.5. The molecule has 676 valence electrons. The van der Waals surface area contributed by atoms with Gasteiger partial charge in [-0.3, -0.25) is 71.9 Å². The van der Waals surface area contributed by atoms with Gasteiger partial charge in [0.15, 0.2) is 0 Å². The second-order valence-corrected chi connectivity index (χ2v) is 34.0. The molecule has 1 unspecified atom stereocenters. The van der Waals surface area contributed by atoms with Crippen molar-refractivity contribution in [2.45, 2.75) is 178 Å². The van der Waals surface area contributed by atoms with E-state index in [1.807, 2.05) is 31.2 Å². The van der Waals surface area contributed by atoms with Crippen LogP contribution in [0.25, 0.3) is 0 Å². The zero-order valence-corrected chi connectivity index (χ0v) is 74.0. The highest BCUT2D eigenvalue weighted by Gasteiger charge is 2.42. The third-order valence-electron chi connectivity index (χ3n) is 22.2. The number of benzene rings is 6. The average Bonchev–Trinajstić information content (AvgIpc) is 1.30. The zero-order chi connectivity index (χ0) is 92.0. The summed E-state index contributed by atoms with van der Waals surface area (Å²) in [4.78, 5) is 227. The second-order valence-electron chi connectivity index (χ2n) is 33.0. The molecular formula is C92H120N16O17S. The summed E-state index contributed by atoms with van der Waals surface area (Å²) in [7, 11) is 6.85. The van der Waals surface area contributed by atoms with Gasteiger partial charge in [-0.1, -0.05) is 181 Å². The molecule has 2 heterocycles. The highest BCUT2D eigenvalue weighted by Crippen LogP contribution is 2.34. The van der Waals surface area contributed by atoms with E-state index in [1.165, 1.54) is 100 Å². The van der Waals surface area contributed by atoms with E-state index in [4.69, 9.17) is 5.73 Å². The number of nitrogens with zero attached hydrogens (tertiary/aromatic N) is 5. The molecule has 8 rings (SSSR count). The molecule has 34 heteroatoms. The molecule has 0 bridgehead atoms. The molecule has 14 N–H and O–H groups in total. The Kier molecular flexibility index (Phi) is 37.4. The van der Waals surface area contributed by atoms with Crippen LogP contribution in [0.2, 0.25) is 0 Å². The summed E-state index contributed by atoms with van der Waals surface area (Å²) in [6, 6.07) is 29.5. The average molecular weight is 1750 g/mol. The van der Waals surface area contributed by atoms with E-state index in [-0.39, 0.29) is 74.5 Å². The number of nitrogens with one attached hydrogen (secondary N) is 10. The number of anilines is 1. The molecule has 0 spiro atoms. The number of fused-ring (bicyclic) bond motifs is 1. The third-order valence-corrected chi connectivity index (χ3v) is 23.2. The van der Waals surface area contributed by atoms with Gasteiger partial charge in [0.05, 0.1) is 25.4 Å². The summed E-state index contributed by atoms with van der Waals surface area (Å²) in [5.41, 5.74) is 9.73. The van der Waals surface area contributed by atoms with E-state index in [2.05, 4.69) is 53.2 Å². The number of para-hydroxylation sites is 1. The van der Waals surface area contributed by atoms with Crippen LogP contribution in [0.4, 0.5) is 5.69 Å². The largest absolute Gasteiger partial charge is 0.508 e. The van der Waals surface area contributed by atoms with Gasteiger partial charge >= 0.3 is 0 Å². The number of rotatable bonds is 21. The van der Waals surface area contributed by atoms with Crippen LogP contribution in [0.1, 0.15) is 113 Å². The standard InChI is InChI=1S/C92H120N16O17S/c1-12-13-33-74-90(123)105(8)51-78(112)96-57(6)82(115)103-81(56(4)5)92(125)107(10)75(46-59-27-19-15-20-28-59)87(120)101-71(45-62-36-40-65(110)41-37-62)88(121)104(7)52-79(113)97-70(48-63-49-94-67-32-24-23-31-66(63)67)86(119)100-69(43-61-34-38-64(109)39-35-61)85(118)99-68(42-55(2)3)84(117)102-73(83(116)95-50-77(93)111)53-126-54-80(114)98-72(44-58-25-17-14-18-26-58)89(122)108(11)76(91(124)106(74)9)47-60-29-21-16-22-30-60/h14-32,34-41,55-57,63,68-76,81,94,109-110H,12-13,33,42-54H2,1-11H3,(H2,93,111)(H,95,116)(H,96,112)(H,97,113)(H,98,114)(H,99,118)(H,100,119)(H,101,120)(H,102,117)(H,103,115)/t57-,63?,68-,69-,70-,71-,72-,73-,74-,75-,76-,81-/m0/s1. The van der Waals surface area contributed by atoms with Crippen molar-refractivity contribution in [1.82, 2.24) is 72.4 Å². The predicted octanol–water partition coefficient (Wildman–Crippen LogP) is 2.75. The summed E-state index contributed by atoms with van der Waals surface area (Å²) in [5, 5.41) is 48.6. The third kappa shape index (κ3) is 29.4. The molecule has 6 aromatic rings. The zero-order valence-electron chi connectivity index (χ0n) is 73.2. The van der Waals surface area contributed by atoms with Crippen LogP contribution < -0.4 is 58.9 Å². The topological polar surface area (TPSA) is 459 Å². The molecule has 33 nitrogen and oxygen atoms in total. The van der Waals surface area contributed by atoms with Crippen molar-refractivity contribution in [1.29, 1.82) is 0 Å². The lowest BCUT2D eigenvalue weighted by Crippen LogP contribution is -2.61. The summed E-state index contributed by atoms with van der Waals surface area (Å²) >= 11 is 0.854. The van der Waals surface area contributed by atoms with Gasteiger partial charge in [0.25, 0.3) is 0 Å². The number of primary amides is 1. The lowest BCUT2D eigenvalue weighted by atomic mass is 9.93. The number of likely N-dealkylation sites (N-methyl/N-ethyl adjacent to an activating group) is 5. The van der Waals surface area contributed by atoms with E-state index < -0.39 is 192 Å². The number of carbonyl (C=O) groups excluding carboxylic acids is 15. The number of unbranched alkanes of at least 4 members (excludes halogenated alkanes) is 1. The molecule has 0 saturated carbocycles. The number of thioether (sulfide) groups is 1. The van der Waals surface area contributed by atoms with E-state index in [1.54, 1.807) is 119 Å². The van der Waals surface area contributed by atoms with Gasteiger partial charge in [0.2, 0.25) is 88.6 Å². The Bertz CT molecular complexity index is 4760. The van der Waals surface area contributed by atoms with Gasteiger partial charge in [-0.2, -0.15) is 0 Å². The Hall–Kier alpha value is -12.9. The number of aromatic hydroxyl groups is 2. The van der Waals surface area contributed by atoms with Gasteiger partial charge in [0, 0.05) is 91.2 Å². The van der Waals surface area contributed by atoms with Crippen molar-refractivity contribution >= 4 is 106 Å². The summed E-state index contributed by atoms with van der Waals surface area (Å²) < 4.78 is 0. The van der Waals surface area contributed by atoms with Gasteiger partial charge in [-0.15, -0.1) is 11.8 Å².